The van der Waals surface area contributed by atoms with Crippen LogP contribution in [0, 0.1) is 0 Å². The number of ether oxygens (including phenoxy) is 3. The zero-order valence-electron chi connectivity index (χ0n) is 12.2. The average Bonchev–Trinajstić information content (AvgIpc) is 3.07. The van der Waals surface area contributed by atoms with Crippen molar-refractivity contribution in [2.45, 2.75) is 25.7 Å². The molecule has 0 fully saturated rings. The summed E-state index contributed by atoms with van der Waals surface area (Å²) in [6, 6.07) is 5.67. The second kappa shape index (κ2) is 5.75. The molecule has 0 radical (unpaired) electrons. The summed E-state index contributed by atoms with van der Waals surface area (Å²) < 4.78 is 18.4. The molecule has 0 amide bonds. The lowest BCUT2D eigenvalue weighted by molar-refractivity contribution is 0.0258. The van der Waals surface area contributed by atoms with Gasteiger partial charge in [0.2, 0.25) is 6.79 Å². The molecule has 112 valence electrons. The van der Waals surface area contributed by atoms with Crippen molar-refractivity contribution in [3.63, 3.8) is 0 Å². The van der Waals surface area contributed by atoms with Crippen LogP contribution in [0.2, 0.25) is 0 Å². The van der Waals surface area contributed by atoms with E-state index in [9.17, 15) is 0 Å². The maximum atomic E-state index is 6.03. The van der Waals surface area contributed by atoms with Gasteiger partial charge in [-0.05, 0) is 24.6 Å². The third-order valence-corrected chi connectivity index (χ3v) is 3.40. The van der Waals surface area contributed by atoms with E-state index in [0.717, 1.165) is 22.6 Å². The quantitative estimate of drug-likeness (QED) is 0.908. The third-order valence-electron chi connectivity index (χ3n) is 3.40. The van der Waals surface area contributed by atoms with Crippen LogP contribution in [-0.4, -0.2) is 22.6 Å². The largest absolute Gasteiger partial charge is 0.454 e. The molecule has 2 heterocycles. The SMILES string of the molecule is CC(N)C(OCc1ccc2c(c1)OCO2)c1cnn(C)c1. The summed E-state index contributed by atoms with van der Waals surface area (Å²) >= 11 is 0. The van der Waals surface area contributed by atoms with Gasteiger partial charge < -0.3 is 19.9 Å². The molecule has 2 N–H and O–H groups in total. The third kappa shape index (κ3) is 3.01. The van der Waals surface area contributed by atoms with Crippen molar-refractivity contribution in [3.05, 3.63) is 41.7 Å². The summed E-state index contributed by atoms with van der Waals surface area (Å²) in [4.78, 5) is 0. The Balaban J connectivity index is 1.69. The lowest BCUT2D eigenvalue weighted by atomic mass is 10.1. The number of hydrogen-bond donors (Lipinski definition) is 1. The number of nitrogens with two attached hydrogens (primary N) is 1. The van der Waals surface area contributed by atoms with Crippen LogP contribution in [0.1, 0.15) is 24.2 Å². The minimum atomic E-state index is -0.191. The minimum absolute atomic E-state index is 0.122. The van der Waals surface area contributed by atoms with Crippen LogP contribution in [0.3, 0.4) is 0 Å². The molecule has 0 spiro atoms. The van der Waals surface area contributed by atoms with Crippen LogP contribution >= 0.6 is 0 Å². The lowest BCUT2D eigenvalue weighted by Gasteiger charge is -2.20. The second-order valence-corrected chi connectivity index (χ2v) is 5.23. The van der Waals surface area contributed by atoms with E-state index in [-0.39, 0.29) is 18.9 Å². The van der Waals surface area contributed by atoms with Gasteiger partial charge in [0, 0.05) is 24.8 Å². The van der Waals surface area contributed by atoms with Gasteiger partial charge in [-0.3, -0.25) is 4.68 Å². The highest BCUT2D eigenvalue weighted by Crippen LogP contribution is 2.33. The van der Waals surface area contributed by atoms with E-state index in [4.69, 9.17) is 19.9 Å². The van der Waals surface area contributed by atoms with E-state index >= 15 is 0 Å². The molecule has 3 rings (SSSR count). The highest BCUT2D eigenvalue weighted by atomic mass is 16.7. The summed E-state index contributed by atoms with van der Waals surface area (Å²) in [6.45, 7) is 2.66. The van der Waals surface area contributed by atoms with E-state index in [1.807, 2.05) is 38.4 Å². The van der Waals surface area contributed by atoms with Crippen LogP contribution in [-0.2, 0) is 18.4 Å². The standard InChI is InChI=1S/C15H19N3O3/c1-10(16)15(12-6-17-18(2)7-12)19-8-11-3-4-13-14(5-11)21-9-20-13/h3-7,10,15H,8-9,16H2,1-2H3. The Morgan fingerprint density at radius 3 is 2.90 bits per heavy atom. The predicted octanol–water partition coefficient (Wildman–Crippen LogP) is 1.75. The first-order valence-corrected chi connectivity index (χ1v) is 6.88. The highest BCUT2D eigenvalue weighted by molar-refractivity contribution is 5.44. The Hall–Kier alpha value is -2.05. The first-order chi connectivity index (χ1) is 10.1. The van der Waals surface area contributed by atoms with Crippen molar-refractivity contribution in [2.75, 3.05) is 6.79 Å². The summed E-state index contributed by atoms with van der Waals surface area (Å²) in [5.74, 6) is 1.53. The summed E-state index contributed by atoms with van der Waals surface area (Å²) in [7, 11) is 1.87. The van der Waals surface area contributed by atoms with Gasteiger partial charge in [-0.1, -0.05) is 6.07 Å². The maximum absolute atomic E-state index is 6.03. The molecule has 2 unspecified atom stereocenters. The Labute approximate surface area is 123 Å². The van der Waals surface area contributed by atoms with Gasteiger partial charge in [-0.25, -0.2) is 0 Å². The lowest BCUT2D eigenvalue weighted by Crippen LogP contribution is -2.26. The molecular formula is C15H19N3O3. The van der Waals surface area contributed by atoms with Gasteiger partial charge in [-0.2, -0.15) is 5.10 Å². The van der Waals surface area contributed by atoms with Gasteiger partial charge in [0.15, 0.2) is 11.5 Å². The van der Waals surface area contributed by atoms with Crippen molar-refractivity contribution < 1.29 is 14.2 Å². The van der Waals surface area contributed by atoms with Gasteiger partial charge in [0.1, 0.15) is 6.10 Å². The first-order valence-electron chi connectivity index (χ1n) is 6.88. The molecule has 21 heavy (non-hydrogen) atoms. The fourth-order valence-corrected chi connectivity index (χ4v) is 2.36. The molecular weight excluding hydrogens is 270 g/mol. The smallest absolute Gasteiger partial charge is 0.231 e. The zero-order valence-corrected chi connectivity index (χ0v) is 12.2. The number of rotatable bonds is 5. The number of hydrogen-bond acceptors (Lipinski definition) is 5. The molecule has 0 saturated heterocycles. The maximum Gasteiger partial charge on any atom is 0.231 e. The van der Waals surface area contributed by atoms with Gasteiger partial charge in [-0.15, -0.1) is 0 Å². The number of fused-ring (bicyclic) bond motifs is 1. The Bertz CT molecular complexity index is 624. The molecule has 6 nitrogen and oxygen atoms in total. The molecule has 0 bridgehead atoms. The Morgan fingerprint density at radius 2 is 2.19 bits per heavy atom. The number of nitrogens with zero attached hydrogens (tertiary/aromatic N) is 2. The van der Waals surface area contributed by atoms with Gasteiger partial charge in [0.05, 0.1) is 12.8 Å². The van der Waals surface area contributed by atoms with Gasteiger partial charge in [0.25, 0.3) is 0 Å². The number of benzene rings is 1. The summed E-state index contributed by atoms with van der Waals surface area (Å²) in [5.41, 5.74) is 8.03. The van der Waals surface area contributed by atoms with E-state index in [0.29, 0.717) is 6.61 Å². The Kier molecular flexibility index (Phi) is 3.81. The van der Waals surface area contributed by atoms with Crippen molar-refractivity contribution in [2.24, 2.45) is 12.8 Å². The highest BCUT2D eigenvalue weighted by Gasteiger charge is 2.19. The number of aromatic nitrogens is 2. The Morgan fingerprint density at radius 1 is 1.38 bits per heavy atom. The second-order valence-electron chi connectivity index (χ2n) is 5.23. The van der Waals surface area contributed by atoms with Gasteiger partial charge >= 0.3 is 0 Å². The molecule has 0 aliphatic carbocycles. The first kappa shape index (κ1) is 13.9. The predicted molar refractivity (Wildman–Crippen MR) is 77.0 cm³/mol. The monoisotopic (exact) mass is 289 g/mol. The van der Waals surface area contributed by atoms with Crippen LogP contribution < -0.4 is 15.2 Å². The van der Waals surface area contributed by atoms with Crippen molar-refractivity contribution in [1.29, 1.82) is 0 Å². The molecule has 1 aromatic heterocycles. The van der Waals surface area contributed by atoms with Crippen molar-refractivity contribution in [3.8, 4) is 11.5 Å². The molecule has 1 aromatic carbocycles. The average molecular weight is 289 g/mol. The van der Waals surface area contributed by atoms with E-state index in [1.165, 1.54) is 0 Å². The summed E-state index contributed by atoms with van der Waals surface area (Å²) in [5, 5.41) is 4.17. The van der Waals surface area contributed by atoms with Crippen molar-refractivity contribution >= 4 is 0 Å². The number of aryl methyl sites for hydroxylation is 1. The van der Waals surface area contributed by atoms with Crippen LogP contribution in [0.25, 0.3) is 0 Å². The molecule has 2 atom stereocenters. The molecule has 6 heteroatoms. The topological polar surface area (TPSA) is 71.5 Å². The molecule has 0 saturated carbocycles. The van der Waals surface area contributed by atoms with Crippen LogP contribution in [0.5, 0.6) is 11.5 Å². The fourth-order valence-electron chi connectivity index (χ4n) is 2.36. The normalized spacial score (nSPS) is 16.0. The fraction of sp³-hybridized carbons (Fsp3) is 0.400. The molecule has 1 aliphatic heterocycles. The molecule has 2 aromatic rings. The van der Waals surface area contributed by atoms with Crippen molar-refractivity contribution in [1.82, 2.24) is 9.78 Å². The zero-order chi connectivity index (χ0) is 14.8. The van der Waals surface area contributed by atoms with Crippen LogP contribution in [0.15, 0.2) is 30.6 Å². The summed E-state index contributed by atoms with van der Waals surface area (Å²) in [6.07, 6.45) is 3.52. The van der Waals surface area contributed by atoms with E-state index < -0.39 is 0 Å². The minimum Gasteiger partial charge on any atom is -0.454 e. The van der Waals surface area contributed by atoms with E-state index in [1.54, 1.807) is 10.9 Å². The van der Waals surface area contributed by atoms with Crippen LogP contribution in [0.4, 0.5) is 0 Å². The van der Waals surface area contributed by atoms with E-state index in [2.05, 4.69) is 5.10 Å². The molecule has 1 aliphatic rings.